The topological polar surface area (TPSA) is 38.7 Å². The predicted molar refractivity (Wildman–Crippen MR) is 56.5 cm³/mol. The van der Waals surface area contributed by atoms with Crippen molar-refractivity contribution in [1.29, 1.82) is 0 Å². The molecule has 0 saturated carbocycles. The van der Waals surface area contributed by atoms with Gasteiger partial charge in [0, 0.05) is 14.2 Å². The fraction of sp³-hybridized carbons (Fsp3) is 0.600. The Hall–Kier alpha value is -0.420. The Kier molecular flexibility index (Phi) is 5.11. The molecule has 0 aliphatic carbocycles. The van der Waals surface area contributed by atoms with Crippen molar-refractivity contribution in [3.63, 3.8) is 0 Å². The van der Waals surface area contributed by atoms with Crippen LogP contribution >= 0.6 is 11.3 Å². The van der Waals surface area contributed by atoms with Gasteiger partial charge < -0.3 is 14.6 Å². The molecular weight excluding hydrogens is 200 g/mol. The Morgan fingerprint density at radius 2 is 2.14 bits per heavy atom. The normalized spacial score (nSPS) is 13.4. The van der Waals surface area contributed by atoms with Gasteiger partial charge in [0.1, 0.15) is 6.10 Å². The number of rotatable bonds is 6. The highest BCUT2D eigenvalue weighted by Gasteiger charge is 2.17. The van der Waals surface area contributed by atoms with E-state index in [0.717, 1.165) is 6.42 Å². The summed E-state index contributed by atoms with van der Waals surface area (Å²) in [6.07, 6.45) is 0.426. The van der Waals surface area contributed by atoms with Crippen molar-refractivity contribution < 1.29 is 14.6 Å². The summed E-state index contributed by atoms with van der Waals surface area (Å²) >= 11 is 1.67. The molecule has 1 unspecified atom stereocenters. The zero-order valence-electron chi connectivity index (χ0n) is 8.47. The first kappa shape index (κ1) is 11.7. The van der Waals surface area contributed by atoms with Gasteiger partial charge in [-0.25, -0.2) is 0 Å². The van der Waals surface area contributed by atoms with Gasteiger partial charge in [-0.2, -0.15) is 11.3 Å². The molecule has 0 bridgehead atoms. The first-order chi connectivity index (χ1) is 6.77. The Morgan fingerprint density at radius 1 is 1.43 bits per heavy atom. The lowest BCUT2D eigenvalue weighted by Crippen LogP contribution is -2.30. The summed E-state index contributed by atoms with van der Waals surface area (Å²) in [5.74, 6) is 0. The standard InChI is InChI=1S/C10H16O3S/c1-12-10(13-2)9(11)4-3-8-5-6-14-7-8/h5-7,9-11H,3-4H2,1-2H3. The van der Waals surface area contributed by atoms with Crippen LogP contribution in [-0.2, 0) is 15.9 Å². The van der Waals surface area contributed by atoms with Crippen LogP contribution in [0.15, 0.2) is 16.8 Å². The maximum atomic E-state index is 9.66. The zero-order chi connectivity index (χ0) is 10.4. The third kappa shape index (κ3) is 3.38. The van der Waals surface area contributed by atoms with E-state index >= 15 is 0 Å². The van der Waals surface area contributed by atoms with Crippen molar-refractivity contribution in [3.05, 3.63) is 22.4 Å². The molecule has 1 rings (SSSR count). The smallest absolute Gasteiger partial charge is 0.182 e. The number of hydrogen-bond donors (Lipinski definition) is 1. The second-order valence-corrected chi connectivity index (χ2v) is 3.86. The lowest BCUT2D eigenvalue weighted by atomic mass is 10.1. The minimum Gasteiger partial charge on any atom is -0.388 e. The van der Waals surface area contributed by atoms with Crippen LogP contribution in [0.4, 0.5) is 0 Å². The maximum Gasteiger partial charge on any atom is 0.182 e. The third-order valence-corrected chi connectivity index (χ3v) is 2.82. The summed E-state index contributed by atoms with van der Waals surface area (Å²) < 4.78 is 9.92. The second-order valence-electron chi connectivity index (χ2n) is 3.08. The summed E-state index contributed by atoms with van der Waals surface area (Å²) in [5, 5.41) is 13.8. The van der Waals surface area contributed by atoms with Crippen molar-refractivity contribution in [2.24, 2.45) is 0 Å². The first-order valence-corrected chi connectivity index (χ1v) is 5.47. The van der Waals surface area contributed by atoms with Gasteiger partial charge in [-0.1, -0.05) is 0 Å². The first-order valence-electron chi connectivity index (χ1n) is 4.52. The molecule has 1 N–H and O–H groups in total. The number of thiophene rings is 1. The van der Waals surface area contributed by atoms with Gasteiger partial charge in [-0.3, -0.25) is 0 Å². The van der Waals surface area contributed by atoms with E-state index in [4.69, 9.17) is 9.47 Å². The van der Waals surface area contributed by atoms with Crippen LogP contribution in [0, 0.1) is 0 Å². The van der Waals surface area contributed by atoms with Crippen molar-refractivity contribution in [3.8, 4) is 0 Å². The molecule has 0 amide bonds. The number of ether oxygens (including phenoxy) is 2. The van der Waals surface area contributed by atoms with Crippen LogP contribution in [-0.4, -0.2) is 31.7 Å². The monoisotopic (exact) mass is 216 g/mol. The molecule has 0 spiro atoms. The van der Waals surface area contributed by atoms with Gasteiger partial charge in [0.25, 0.3) is 0 Å². The van der Waals surface area contributed by atoms with Crippen LogP contribution in [0.25, 0.3) is 0 Å². The lowest BCUT2D eigenvalue weighted by Gasteiger charge is -2.19. The summed E-state index contributed by atoms with van der Waals surface area (Å²) in [4.78, 5) is 0. The molecule has 3 nitrogen and oxygen atoms in total. The Morgan fingerprint density at radius 3 is 2.64 bits per heavy atom. The Labute approximate surface area is 88.3 Å². The summed E-state index contributed by atoms with van der Waals surface area (Å²) in [5.41, 5.74) is 1.25. The van der Waals surface area contributed by atoms with Crippen LogP contribution in [0.1, 0.15) is 12.0 Å². The Bertz CT molecular complexity index is 232. The molecule has 80 valence electrons. The largest absolute Gasteiger partial charge is 0.388 e. The van der Waals surface area contributed by atoms with Gasteiger partial charge in [-0.05, 0) is 35.2 Å². The molecule has 1 atom stereocenters. The molecule has 1 heterocycles. The minimum atomic E-state index is -0.565. The quantitative estimate of drug-likeness (QED) is 0.735. The maximum absolute atomic E-state index is 9.66. The lowest BCUT2D eigenvalue weighted by molar-refractivity contribution is -0.165. The zero-order valence-corrected chi connectivity index (χ0v) is 9.29. The molecule has 4 heteroatoms. The minimum absolute atomic E-state index is 0.520. The number of aliphatic hydroxyl groups is 1. The average Bonchev–Trinajstić information content (AvgIpc) is 2.69. The third-order valence-electron chi connectivity index (χ3n) is 2.09. The van der Waals surface area contributed by atoms with E-state index in [1.807, 2.05) is 5.38 Å². The molecule has 0 fully saturated rings. The van der Waals surface area contributed by atoms with Crippen LogP contribution < -0.4 is 0 Å². The molecular formula is C10H16O3S. The molecule has 1 aromatic rings. The van der Waals surface area contributed by atoms with Crippen LogP contribution in [0.2, 0.25) is 0 Å². The fourth-order valence-corrected chi connectivity index (χ4v) is 2.00. The van der Waals surface area contributed by atoms with Gasteiger partial charge in [-0.15, -0.1) is 0 Å². The van der Waals surface area contributed by atoms with Crippen molar-refractivity contribution in [1.82, 2.24) is 0 Å². The molecule has 0 aliphatic rings. The molecule has 0 aliphatic heterocycles. The number of methoxy groups -OCH3 is 2. The van der Waals surface area contributed by atoms with E-state index < -0.39 is 12.4 Å². The molecule has 14 heavy (non-hydrogen) atoms. The predicted octanol–water partition coefficient (Wildman–Crippen LogP) is 1.66. The van der Waals surface area contributed by atoms with E-state index in [-0.39, 0.29) is 0 Å². The van der Waals surface area contributed by atoms with E-state index in [0.29, 0.717) is 6.42 Å². The van der Waals surface area contributed by atoms with Crippen LogP contribution in [0.3, 0.4) is 0 Å². The highest BCUT2D eigenvalue weighted by molar-refractivity contribution is 7.07. The highest BCUT2D eigenvalue weighted by Crippen LogP contribution is 2.12. The fourth-order valence-electron chi connectivity index (χ4n) is 1.30. The SMILES string of the molecule is COC(OC)C(O)CCc1ccsc1. The summed E-state index contributed by atoms with van der Waals surface area (Å²) in [6.45, 7) is 0. The summed E-state index contributed by atoms with van der Waals surface area (Å²) in [6, 6.07) is 2.06. The van der Waals surface area contributed by atoms with E-state index in [1.165, 1.54) is 19.8 Å². The highest BCUT2D eigenvalue weighted by atomic mass is 32.1. The Balaban J connectivity index is 2.30. The van der Waals surface area contributed by atoms with Crippen molar-refractivity contribution in [2.75, 3.05) is 14.2 Å². The molecule has 0 radical (unpaired) electrons. The summed E-state index contributed by atoms with van der Waals surface area (Å²) in [7, 11) is 3.06. The van der Waals surface area contributed by atoms with Gasteiger partial charge >= 0.3 is 0 Å². The molecule has 1 aromatic heterocycles. The number of hydrogen-bond acceptors (Lipinski definition) is 4. The van der Waals surface area contributed by atoms with Gasteiger partial charge in [0.2, 0.25) is 0 Å². The molecule has 0 saturated heterocycles. The number of aryl methyl sites for hydroxylation is 1. The van der Waals surface area contributed by atoms with Crippen molar-refractivity contribution in [2.45, 2.75) is 25.2 Å². The van der Waals surface area contributed by atoms with E-state index in [9.17, 15) is 5.11 Å². The van der Waals surface area contributed by atoms with E-state index in [2.05, 4.69) is 11.4 Å². The van der Waals surface area contributed by atoms with E-state index in [1.54, 1.807) is 11.3 Å². The second kappa shape index (κ2) is 6.14. The van der Waals surface area contributed by atoms with Crippen molar-refractivity contribution >= 4 is 11.3 Å². The van der Waals surface area contributed by atoms with Crippen LogP contribution in [0.5, 0.6) is 0 Å². The molecule has 0 aromatic carbocycles. The van der Waals surface area contributed by atoms with Gasteiger partial charge in [0.05, 0.1) is 0 Å². The van der Waals surface area contributed by atoms with Gasteiger partial charge in [0.15, 0.2) is 6.29 Å². The average molecular weight is 216 g/mol. The number of aliphatic hydroxyl groups excluding tert-OH is 1.